The second-order valence-electron chi connectivity index (χ2n) is 4.15. The maximum atomic E-state index is 12.0. The van der Waals surface area contributed by atoms with Crippen LogP contribution in [0.2, 0.25) is 0 Å². The minimum atomic E-state index is -0.805. The molecule has 0 unspecified atom stereocenters. The number of nitrogens with two attached hydrogens (primary N) is 1. The number of aryl methyl sites for hydroxylation is 1. The first-order chi connectivity index (χ1) is 7.92. The fourth-order valence-electron chi connectivity index (χ4n) is 1.45. The number of carbonyl (C=O) groups is 1. The lowest BCUT2D eigenvalue weighted by Crippen LogP contribution is -2.50. The number of nitrogens with one attached hydrogen (secondary N) is 1. The van der Waals surface area contributed by atoms with E-state index in [9.17, 15) is 4.79 Å². The van der Waals surface area contributed by atoms with Crippen LogP contribution in [0.15, 0.2) is 16.9 Å². The van der Waals surface area contributed by atoms with E-state index in [2.05, 4.69) is 26.2 Å². The predicted octanol–water partition coefficient (Wildman–Crippen LogP) is 2.61. The highest BCUT2D eigenvalue weighted by atomic mass is 79.9. The highest BCUT2D eigenvalue weighted by Gasteiger charge is 2.29. The molecule has 0 saturated heterocycles. The van der Waals surface area contributed by atoms with E-state index in [0.717, 1.165) is 10.2 Å². The van der Waals surface area contributed by atoms with Crippen LogP contribution in [0.4, 0.5) is 5.69 Å². The van der Waals surface area contributed by atoms with Crippen molar-refractivity contribution in [2.24, 2.45) is 5.73 Å². The van der Waals surface area contributed by atoms with Crippen molar-refractivity contribution >= 4 is 27.5 Å². The summed E-state index contributed by atoms with van der Waals surface area (Å²) in [6.07, 6.45) is 2.83. The Balaban J connectivity index is 2.84. The van der Waals surface area contributed by atoms with E-state index < -0.39 is 5.54 Å². The van der Waals surface area contributed by atoms with Crippen LogP contribution in [0.3, 0.4) is 0 Å². The Hall–Kier alpha value is -0.940. The molecule has 0 aliphatic heterocycles. The summed E-state index contributed by atoms with van der Waals surface area (Å²) >= 11 is 3.31. The molecule has 1 rings (SSSR count). The second-order valence-corrected chi connectivity index (χ2v) is 4.90. The fourth-order valence-corrected chi connectivity index (χ4v) is 1.67. The number of hydrogen-bond acceptors (Lipinski definition) is 3. The summed E-state index contributed by atoms with van der Waals surface area (Å²) < 4.78 is 0.778. The molecule has 1 aromatic heterocycles. The van der Waals surface area contributed by atoms with Crippen LogP contribution in [-0.4, -0.2) is 16.4 Å². The Bertz CT molecular complexity index is 416. The number of nitrogens with zero attached hydrogens (tertiary/aromatic N) is 1. The molecule has 3 N–H and O–H groups in total. The molecule has 5 heteroatoms. The van der Waals surface area contributed by atoms with Crippen molar-refractivity contribution in [3.05, 3.63) is 22.4 Å². The fraction of sp³-hybridized carbons (Fsp3) is 0.500. The van der Waals surface area contributed by atoms with E-state index in [1.165, 1.54) is 0 Å². The average molecular weight is 300 g/mol. The van der Waals surface area contributed by atoms with E-state index in [1.807, 2.05) is 26.8 Å². The molecule has 0 aliphatic carbocycles. The topological polar surface area (TPSA) is 68.0 Å². The molecule has 0 saturated carbocycles. The minimum Gasteiger partial charge on any atom is -0.323 e. The molecule has 1 amide bonds. The van der Waals surface area contributed by atoms with Crippen molar-refractivity contribution in [3.63, 3.8) is 0 Å². The molecule has 17 heavy (non-hydrogen) atoms. The SMILES string of the molecule is CCC(N)(CC)C(=O)Nc1cnc(Br)c(C)c1. The van der Waals surface area contributed by atoms with Gasteiger partial charge in [-0.05, 0) is 47.3 Å². The lowest BCUT2D eigenvalue weighted by molar-refractivity contribution is -0.121. The summed E-state index contributed by atoms with van der Waals surface area (Å²) in [5.74, 6) is -0.161. The monoisotopic (exact) mass is 299 g/mol. The van der Waals surface area contributed by atoms with Gasteiger partial charge in [-0.1, -0.05) is 13.8 Å². The van der Waals surface area contributed by atoms with Gasteiger partial charge in [0.05, 0.1) is 17.4 Å². The van der Waals surface area contributed by atoms with E-state index in [1.54, 1.807) is 6.20 Å². The summed E-state index contributed by atoms with van der Waals surface area (Å²) in [4.78, 5) is 16.1. The smallest absolute Gasteiger partial charge is 0.244 e. The Kier molecular flexibility index (Phi) is 4.65. The van der Waals surface area contributed by atoms with Gasteiger partial charge in [0.2, 0.25) is 5.91 Å². The van der Waals surface area contributed by atoms with Gasteiger partial charge in [-0.15, -0.1) is 0 Å². The molecule has 0 bridgehead atoms. The summed E-state index contributed by atoms with van der Waals surface area (Å²) in [5, 5.41) is 2.81. The first-order valence-electron chi connectivity index (χ1n) is 5.65. The third kappa shape index (κ3) is 3.26. The lowest BCUT2D eigenvalue weighted by atomic mass is 9.93. The van der Waals surface area contributed by atoms with Crippen molar-refractivity contribution in [2.45, 2.75) is 39.2 Å². The number of pyridine rings is 1. The number of hydrogen-bond donors (Lipinski definition) is 2. The van der Waals surface area contributed by atoms with Gasteiger partial charge in [0.1, 0.15) is 4.60 Å². The molecule has 94 valence electrons. The lowest BCUT2D eigenvalue weighted by Gasteiger charge is -2.25. The van der Waals surface area contributed by atoms with Crippen molar-refractivity contribution in [3.8, 4) is 0 Å². The predicted molar refractivity (Wildman–Crippen MR) is 72.8 cm³/mol. The average Bonchev–Trinajstić information content (AvgIpc) is 2.32. The van der Waals surface area contributed by atoms with Gasteiger partial charge in [-0.2, -0.15) is 0 Å². The molecular weight excluding hydrogens is 282 g/mol. The largest absolute Gasteiger partial charge is 0.323 e. The number of aromatic nitrogens is 1. The zero-order chi connectivity index (χ0) is 13.1. The van der Waals surface area contributed by atoms with E-state index in [0.29, 0.717) is 18.5 Å². The molecule has 1 aromatic rings. The third-order valence-corrected chi connectivity index (χ3v) is 3.82. The first kappa shape index (κ1) is 14.1. The van der Waals surface area contributed by atoms with Gasteiger partial charge in [-0.25, -0.2) is 4.98 Å². The van der Waals surface area contributed by atoms with Crippen LogP contribution in [0, 0.1) is 6.92 Å². The Morgan fingerprint density at radius 3 is 2.59 bits per heavy atom. The molecule has 0 spiro atoms. The molecule has 0 radical (unpaired) electrons. The maximum absolute atomic E-state index is 12.0. The van der Waals surface area contributed by atoms with Crippen molar-refractivity contribution in [1.29, 1.82) is 0 Å². The van der Waals surface area contributed by atoms with Crippen LogP contribution in [0.25, 0.3) is 0 Å². The van der Waals surface area contributed by atoms with Crippen LogP contribution in [-0.2, 0) is 4.79 Å². The summed E-state index contributed by atoms with van der Waals surface area (Å²) in [6.45, 7) is 5.74. The van der Waals surface area contributed by atoms with Gasteiger partial charge >= 0.3 is 0 Å². The van der Waals surface area contributed by atoms with Gasteiger partial charge < -0.3 is 11.1 Å². The van der Waals surface area contributed by atoms with Gasteiger partial charge in [0.25, 0.3) is 0 Å². The quantitative estimate of drug-likeness (QED) is 0.840. The van der Waals surface area contributed by atoms with Crippen LogP contribution in [0.1, 0.15) is 32.3 Å². The Labute approximate surface area is 110 Å². The molecule has 0 aliphatic rings. The van der Waals surface area contributed by atoms with Crippen LogP contribution in [0.5, 0.6) is 0 Å². The molecular formula is C12H18BrN3O. The number of amides is 1. The highest BCUT2D eigenvalue weighted by molar-refractivity contribution is 9.10. The molecule has 4 nitrogen and oxygen atoms in total. The van der Waals surface area contributed by atoms with E-state index in [4.69, 9.17) is 5.73 Å². The van der Waals surface area contributed by atoms with Gasteiger partial charge in [0, 0.05) is 0 Å². The van der Waals surface area contributed by atoms with Crippen molar-refractivity contribution < 1.29 is 4.79 Å². The van der Waals surface area contributed by atoms with Gasteiger partial charge in [-0.3, -0.25) is 4.79 Å². The maximum Gasteiger partial charge on any atom is 0.244 e. The Morgan fingerprint density at radius 1 is 1.53 bits per heavy atom. The zero-order valence-corrected chi connectivity index (χ0v) is 12.0. The first-order valence-corrected chi connectivity index (χ1v) is 6.44. The van der Waals surface area contributed by atoms with Crippen LogP contribution >= 0.6 is 15.9 Å². The number of anilines is 1. The Morgan fingerprint density at radius 2 is 2.12 bits per heavy atom. The highest BCUT2D eigenvalue weighted by Crippen LogP contribution is 2.19. The molecule has 0 fully saturated rings. The minimum absolute atomic E-state index is 0.161. The number of carbonyl (C=O) groups excluding carboxylic acids is 1. The summed E-state index contributed by atoms with van der Waals surface area (Å²) in [7, 11) is 0. The third-order valence-electron chi connectivity index (χ3n) is 2.99. The van der Waals surface area contributed by atoms with E-state index in [-0.39, 0.29) is 5.91 Å². The van der Waals surface area contributed by atoms with E-state index >= 15 is 0 Å². The van der Waals surface area contributed by atoms with Crippen molar-refractivity contribution in [2.75, 3.05) is 5.32 Å². The number of halogens is 1. The molecule has 0 atom stereocenters. The summed E-state index contributed by atoms with van der Waals surface area (Å²) in [5.41, 5.74) is 6.85. The standard InChI is InChI=1S/C12H18BrN3O/c1-4-12(14,5-2)11(17)16-9-6-8(3)10(13)15-7-9/h6-7H,4-5,14H2,1-3H3,(H,16,17). The zero-order valence-electron chi connectivity index (χ0n) is 10.4. The molecule has 1 heterocycles. The van der Waals surface area contributed by atoms with Gasteiger partial charge in [0.15, 0.2) is 0 Å². The number of rotatable bonds is 4. The molecule has 0 aromatic carbocycles. The normalized spacial score (nSPS) is 11.4. The van der Waals surface area contributed by atoms with Crippen LogP contribution < -0.4 is 11.1 Å². The second kappa shape index (κ2) is 5.60. The van der Waals surface area contributed by atoms with Crippen molar-refractivity contribution in [1.82, 2.24) is 4.98 Å². The summed E-state index contributed by atoms with van der Waals surface area (Å²) in [6, 6.07) is 1.86.